The molecule has 1 rings (SSSR count). The maximum atomic E-state index is 11.1. The smallest absolute Gasteiger partial charge is 0.266 e. The Labute approximate surface area is 104 Å². The molecule has 0 atom stereocenters. The second-order valence-electron chi connectivity index (χ2n) is 2.27. The van der Waals surface area contributed by atoms with Gasteiger partial charge in [0.05, 0.1) is 6.33 Å². The van der Waals surface area contributed by atoms with E-state index >= 15 is 0 Å². The molecular formula is C7H6Cl2IN3O. The Bertz CT molecular complexity index is 400. The fourth-order valence-electron chi connectivity index (χ4n) is 0.731. The van der Waals surface area contributed by atoms with E-state index in [4.69, 9.17) is 23.2 Å². The Kier molecular flexibility index (Phi) is 4.70. The van der Waals surface area contributed by atoms with E-state index in [0.29, 0.717) is 15.9 Å². The first-order valence-electron chi connectivity index (χ1n) is 3.59. The van der Waals surface area contributed by atoms with Crippen LogP contribution >= 0.6 is 45.8 Å². The van der Waals surface area contributed by atoms with Crippen molar-refractivity contribution in [3.8, 4) is 0 Å². The predicted octanol–water partition coefficient (Wildman–Crippen LogP) is 2.11. The van der Waals surface area contributed by atoms with Gasteiger partial charge in [-0.1, -0.05) is 23.2 Å². The van der Waals surface area contributed by atoms with E-state index in [-0.39, 0.29) is 10.1 Å². The number of rotatable bonds is 3. The van der Waals surface area contributed by atoms with Crippen molar-refractivity contribution in [2.24, 2.45) is 0 Å². The molecule has 1 aromatic rings. The minimum atomic E-state index is -0.177. The summed E-state index contributed by atoms with van der Waals surface area (Å²) in [7, 11) is 0. The fourth-order valence-corrected chi connectivity index (χ4v) is 1.37. The summed E-state index contributed by atoms with van der Waals surface area (Å²) in [5.74, 6) is 0.514. The Morgan fingerprint density at radius 1 is 1.71 bits per heavy atom. The lowest BCUT2D eigenvalue weighted by Crippen LogP contribution is -2.14. The molecule has 0 spiro atoms. The van der Waals surface area contributed by atoms with Crippen LogP contribution in [0.15, 0.2) is 21.7 Å². The van der Waals surface area contributed by atoms with Crippen molar-refractivity contribution in [1.29, 1.82) is 0 Å². The minimum Gasteiger partial charge on any atom is -0.365 e. The molecule has 0 saturated carbocycles. The molecule has 0 saturated heterocycles. The van der Waals surface area contributed by atoms with Crippen molar-refractivity contribution in [1.82, 2.24) is 9.97 Å². The summed E-state index contributed by atoms with van der Waals surface area (Å²) in [6.45, 7) is 0.425. The fraction of sp³-hybridized carbons (Fsp3) is 0.143. The van der Waals surface area contributed by atoms with E-state index < -0.39 is 0 Å². The quantitative estimate of drug-likeness (QED) is 0.825. The molecule has 0 aliphatic heterocycles. The Morgan fingerprint density at radius 3 is 3.07 bits per heavy atom. The van der Waals surface area contributed by atoms with Crippen LogP contribution in [-0.4, -0.2) is 16.5 Å². The van der Waals surface area contributed by atoms with Gasteiger partial charge in [0, 0.05) is 6.54 Å². The van der Waals surface area contributed by atoms with Crippen molar-refractivity contribution in [3.63, 3.8) is 0 Å². The third kappa shape index (κ3) is 3.47. The number of H-pyrrole nitrogens is 1. The zero-order valence-corrected chi connectivity index (χ0v) is 10.5. The second kappa shape index (κ2) is 5.57. The summed E-state index contributed by atoms with van der Waals surface area (Å²) in [5, 5.41) is 2.90. The zero-order valence-electron chi connectivity index (χ0n) is 6.85. The summed E-state index contributed by atoms with van der Waals surface area (Å²) in [6, 6.07) is 0. The molecule has 0 amide bonds. The van der Waals surface area contributed by atoms with Crippen molar-refractivity contribution in [2.75, 3.05) is 11.9 Å². The van der Waals surface area contributed by atoms with Crippen molar-refractivity contribution < 1.29 is 0 Å². The van der Waals surface area contributed by atoms with Crippen LogP contribution in [0.4, 0.5) is 5.82 Å². The predicted molar refractivity (Wildman–Crippen MR) is 65.9 cm³/mol. The van der Waals surface area contributed by atoms with Gasteiger partial charge in [0.25, 0.3) is 5.56 Å². The Morgan fingerprint density at radius 2 is 2.43 bits per heavy atom. The van der Waals surface area contributed by atoms with E-state index in [2.05, 4.69) is 15.3 Å². The highest BCUT2D eigenvalue weighted by Gasteiger charge is 2.02. The number of hydrogen-bond acceptors (Lipinski definition) is 3. The van der Waals surface area contributed by atoms with Crippen LogP contribution in [0.3, 0.4) is 0 Å². The third-order valence-electron chi connectivity index (χ3n) is 1.32. The van der Waals surface area contributed by atoms with Crippen LogP contribution in [0.5, 0.6) is 0 Å². The highest BCUT2D eigenvalue weighted by molar-refractivity contribution is 14.1. The van der Waals surface area contributed by atoms with Gasteiger partial charge in [-0.05, 0) is 28.7 Å². The molecule has 0 aliphatic rings. The largest absolute Gasteiger partial charge is 0.365 e. The average Bonchev–Trinajstić information content (AvgIpc) is 2.12. The number of aromatic nitrogens is 2. The molecule has 0 radical (unpaired) electrons. The third-order valence-corrected chi connectivity index (χ3v) is 2.63. The lowest BCUT2D eigenvalue weighted by atomic mass is 10.5. The van der Waals surface area contributed by atoms with E-state index in [1.54, 1.807) is 6.08 Å². The molecule has 0 aromatic carbocycles. The summed E-state index contributed by atoms with van der Waals surface area (Å²) in [5.41, 5.74) is -0.177. The van der Waals surface area contributed by atoms with Gasteiger partial charge in [-0.25, -0.2) is 4.98 Å². The number of aromatic amines is 1. The van der Waals surface area contributed by atoms with Gasteiger partial charge in [-0.3, -0.25) is 4.79 Å². The molecule has 76 valence electrons. The van der Waals surface area contributed by atoms with Gasteiger partial charge in [-0.2, -0.15) is 0 Å². The van der Waals surface area contributed by atoms with Crippen LogP contribution < -0.4 is 10.9 Å². The van der Waals surface area contributed by atoms with Crippen LogP contribution in [0.2, 0.25) is 0 Å². The second-order valence-corrected chi connectivity index (χ2v) is 4.36. The summed E-state index contributed by atoms with van der Waals surface area (Å²) in [4.78, 5) is 17.5. The van der Waals surface area contributed by atoms with Gasteiger partial charge in [-0.15, -0.1) is 0 Å². The summed E-state index contributed by atoms with van der Waals surface area (Å²) >= 11 is 12.7. The Balaban J connectivity index is 2.73. The van der Waals surface area contributed by atoms with Crippen LogP contribution in [0.1, 0.15) is 0 Å². The van der Waals surface area contributed by atoms with Crippen LogP contribution in [0, 0.1) is 3.57 Å². The Hall–Kier alpha value is -0.270. The molecule has 2 N–H and O–H groups in total. The standard InChI is InChI=1S/C7H6Cl2IN3O/c8-4(9)1-2-11-6-5(10)7(14)13-3-12-6/h1,3H,2H2,(H2,11,12,13,14). The van der Waals surface area contributed by atoms with Crippen LogP contribution in [0.25, 0.3) is 0 Å². The van der Waals surface area contributed by atoms with Gasteiger partial charge in [0.2, 0.25) is 0 Å². The number of hydrogen-bond donors (Lipinski definition) is 2. The normalized spacial score (nSPS) is 9.64. The number of nitrogens with zero attached hydrogens (tertiary/aromatic N) is 1. The van der Waals surface area contributed by atoms with E-state index in [1.807, 2.05) is 22.6 Å². The van der Waals surface area contributed by atoms with Crippen LogP contribution in [-0.2, 0) is 0 Å². The highest BCUT2D eigenvalue weighted by atomic mass is 127. The highest BCUT2D eigenvalue weighted by Crippen LogP contribution is 2.09. The van der Waals surface area contributed by atoms with E-state index in [0.717, 1.165) is 0 Å². The molecule has 0 bridgehead atoms. The molecule has 7 heteroatoms. The van der Waals surface area contributed by atoms with Gasteiger partial charge < -0.3 is 10.3 Å². The van der Waals surface area contributed by atoms with Crippen molar-refractivity contribution >= 4 is 51.6 Å². The lowest BCUT2D eigenvalue weighted by molar-refractivity contribution is 1.08. The lowest BCUT2D eigenvalue weighted by Gasteiger charge is -2.02. The molecule has 0 fully saturated rings. The van der Waals surface area contributed by atoms with Crippen molar-refractivity contribution in [3.05, 3.63) is 30.8 Å². The van der Waals surface area contributed by atoms with E-state index in [9.17, 15) is 4.79 Å². The average molecular weight is 346 g/mol. The van der Waals surface area contributed by atoms with Gasteiger partial charge >= 0.3 is 0 Å². The summed E-state index contributed by atoms with van der Waals surface area (Å²) in [6.07, 6.45) is 2.90. The first-order chi connectivity index (χ1) is 6.61. The summed E-state index contributed by atoms with van der Waals surface area (Å²) < 4.78 is 0.682. The van der Waals surface area contributed by atoms with Gasteiger partial charge in [0.15, 0.2) is 0 Å². The number of nitrogens with one attached hydrogen (secondary N) is 2. The van der Waals surface area contributed by atoms with E-state index in [1.165, 1.54) is 6.33 Å². The minimum absolute atomic E-state index is 0.177. The molecule has 4 nitrogen and oxygen atoms in total. The molecule has 1 heterocycles. The molecule has 0 unspecified atom stereocenters. The molecule has 0 aliphatic carbocycles. The molecular weight excluding hydrogens is 340 g/mol. The topological polar surface area (TPSA) is 57.8 Å². The maximum absolute atomic E-state index is 11.1. The molecule has 14 heavy (non-hydrogen) atoms. The maximum Gasteiger partial charge on any atom is 0.266 e. The number of halogens is 3. The number of anilines is 1. The SMILES string of the molecule is O=c1[nH]cnc(NCC=C(Cl)Cl)c1I. The molecule has 1 aromatic heterocycles. The zero-order chi connectivity index (χ0) is 10.6. The monoisotopic (exact) mass is 345 g/mol. The first-order valence-corrected chi connectivity index (χ1v) is 5.43. The first kappa shape index (κ1) is 11.8. The van der Waals surface area contributed by atoms with Gasteiger partial charge in [0.1, 0.15) is 13.9 Å². The van der Waals surface area contributed by atoms with Crippen molar-refractivity contribution in [2.45, 2.75) is 0 Å².